The molecule has 0 bridgehead atoms. The highest BCUT2D eigenvalue weighted by molar-refractivity contribution is 6.22. The lowest BCUT2D eigenvalue weighted by Gasteiger charge is -2.24. The predicted octanol–water partition coefficient (Wildman–Crippen LogP) is 3.53. The van der Waals surface area contributed by atoms with E-state index in [4.69, 9.17) is 11.6 Å². The highest BCUT2D eigenvalue weighted by Gasteiger charge is 2.19. The van der Waals surface area contributed by atoms with Crippen molar-refractivity contribution in [3.05, 3.63) is 23.8 Å². The summed E-state index contributed by atoms with van der Waals surface area (Å²) in [7, 11) is 0. The molecule has 0 heterocycles. The van der Waals surface area contributed by atoms with E-state index in [2.05, 4.69) is 26.5 Å². The maximum Gasteiger partial charge on any atom is 0.0548 e. The van der Waals surface area contributed by atoms with Crippen LogP contribution >= 0.6 is 11.6 Å². The lowest BCUT2D eigenvalue weighted by Crippen LogP contribution is -2.15. The topological polar surface area (TPSA) is 0 Å². The van der Waals surface area contributed by atoms with Crippen LogP contribution in [0.5, 0.6) is 0 Å². The molecule has 0 N–H and O–H groups in total. The van der Waals surface area contributed by atoms with Gasteiger partial charge in [0, 0.05) is 0 Å². The number of allylic oxidation sites excluding steroid dienone is 3. The van der Waals surface area contributed by atoms with Gasteiger partial charge in [-0.25, -0.2) is 0 Å². The molecule has 0 saturated heterocycles. The summed E-state index contributed by atoms with van der Waals surface area (Å²) in [4.78, 5) is 0. The van der Waals surface area contributed by atoms with Crippen LogP contribution in [0.2, 0.25) is 0 Å². The Hall–Kier alpha value is -0.230. The molecule has 0 spiro atoms. The van der Waals surface area contributed by atoms with Crippen LogP contribution < -0.4 is 0 Å². The van der Waals surface area contributed by atoms with Gasteiger partial charge < -0.3 is 0 Å². The van der Waals surface area contributed by atoms with Gasteiger partial charge in [-0.05, 0) is 32.6 Å². The van der Waals surface area contributed by atoms with Crippen LogP contribution in [0.15, 0.2) is 23.8 Å². The minimum atomic E-state index is 0.241. The van der Waals surface area contributed by atoms with Crippen LogP contribution in [0, 0.1) is 5.92 Å². The average molecular weight is 171 g/mol. The van der Waals surface area contributed by atoms with Crippen LogP contribution in [0.4, 0.5) is 0 Å². The highest BCUT2D eigenvalue weighted by Crippen LogP contribution is 2.31. The van der Waals surface area contributed by atoms with E-state index in [-0.39, 0.29) is 5.38 Å². The largest absolute Gasteiger partial charge is 0.118 e. The second kappa shape index (κ2) is 3.44. The fourth-order valence-electron chi connectivity index (χ4n) is 1.39. The zero-order valence-electron chi connectivity index (χ0n) is 7.23. The third-order valence-electron chi connectivity index (χ3n) is 2.41. The first-order valence-corrected chi connectivity index (χ1v) is 4.51. The highest BCUT2D eigenvalue weighted by atomic mass is 35.5. The molecule has 0 aliphatic heterocycles. The summed E-state index contributed by atoms with van der Waals surface area (Å²) in [5.74, 6) is 0.612. The molecule has 0 aromatic carbocycles. The molecule has 2 atom stereocenters. The predicted molar refractivity (Wildman–Crippen MR) is 50.9 cm³/mol. The van der Waals surface area contributed by atoms with Gasteiger partial charge in [-0.15, -0.1) is 11.6 Å². The summed E-state index contributed by atoms with van der Waals surface area (Å²) >= 11 is 6.10. The summed E-state index contributed by atoms with van der Waals surface area (Å²) in [6.07, 6.45) is 4.43. The number of rotatable bonds is 1. The quantitative estimate of drug-likeness (QED) is 0.417. The van der Waals surface area contributed by atoms with Crippen molar-refractivity contribution in [2.24, 2.45) is 5.92 Å². The van der Waals surface area contributed by atoms with E-state index >= 15 is 0 Å². The van der Waals surface area contributed by atoms with Crippen LogP contribution in [0.3, 0.4) is 0 Å². The molecule has 1 heteroatoms. The summed E-state index contributed by atoms with van der Waals surface area (Å²) in [6, 6.07) is 0. The van der Waals surface area contributed by atoms with Crippen LogP contribution in [-0.2, 0) is 0 Å². The molecule has 0 amide bonds. The third kappa shape index (κ3) is 2.10. The van der Waals surface area contributed by atoms with Crippen LogP contribution in [-0.4, -0.2) is 5.38 Å². The smallest absolute Gasteiger partial charge is 0.0548 e. The van der Waals surface area contributed by atoms with Crippen molar-refractivity contribution >= 4 is 11.6 Å². The molecular formula is C10H15Cl. The maximum atomic E-state index is 6.10. The molecule has 62 valence electrons. The molecule has 2 unspecified atom stereocenters. The van der Waals surface area contributed by atoms with Crippen molar-refractivity contribution in [3.8, 4) is 0 Å². The Morgan fingerprint density at radius 1 is 1.73 bits per heavy atom. The average Bonchev–Trinajstić information content (AvgIpc) is 1.94. The number of halogens is 1. The van der Waals surface area contributed by atoms with Gasteiger partial charge in [0.05, 0.1) is 5.38 Å². The monoisotopic (exact) mass is 170 g/mol. The number of hydrogen-bond donors (Lipinski definition) is 0. The Balaban J connectivity index is 2.62. The first-order chi connectivity index (χ1) is 5.11. The maximum absolute atomic E-state index is 6.10. The van der Waals surface area contributed by atoms with Gasteiger partial charge in [0.25, 0.3) is 0 Å². The SMILES string of the molecule is C=C(C)C1CC=C(C)C(Cl)C1. The summed E-state index contributed by atoms with van der Waals surface area (Å²) < 4.78 is 0. The van der Waals surface area contributed by atoms with Gasteiger partial charge in [-0.3, -0.25) is 0 Å². The Bertz CT molecular complexity index is 191. The zero-order valence-corrected chi connectivity index (χ0v) is 7.99. The second-order valence-corrected chi connectivity index (χ2v) is 3.96. The summed E-state index contributed by atoms with van der Waals surface area (Å²) in [5, 5.41) is 0.241. The van der Waals surface area contributed by atoms with E-state index < -0.39 is 0 Å². The molecule has 1 aliphatic carbocycles. The van der Waals surface area contributed by atoms with Crippen LogP contribution in [0.1, 0.15) is 26.7 Å². The van der Waals surface area contributed by atoms with Gasteiger partial charge >= 0.3 is 0 Å². The normalized spacial score (nSPS) is 31.4. The fourth-order valence-corrected chi connectivity index (χ4v) is 1.69. The van der Waals surface area contributed by atoms with Crippen LogP contribution in [0.25, 0.3) is 0 Å². The van der Waals surface area contributed by atoms with Gasteiger partial charge in [-0.1, -0.05) is 23.8 Å². The Labute approximate surface area is 73.9 Å². The van der Waals surface area contributed by atoms with E-state index in [9.17, 15) is 0 Å². The van der Waals surface area contributed by atoms with Crippen molar-refractivity contribution in [3.63, 3.8) is 0 Å². The molecule has 0 saturated carbocycles. The molecule has 0 nitrogen and oxygen atoms in total. The lowest BCUT2D eigenvalue weighted by atomic mass is 9.86. The molecule has 0 aromatic rings. The van der Waals surface area contributed by atoms with Crippen molar-refractivity contribution in [2.75, 3.05) is 0 Å². The van der Waals surface area contributed by atoms with Crippen molar-refractivity contribution < 1.29 is 0 Å². The van der Waals surface area contributed by atoms with E-state index in [1.54, 1.807) is 0 Å². The lowest BCUT2D eigenvalue weighted by molar-refractivity contribution is 0.545. The summed E-state index contributed by atoms with van der Waals surface area (Å²) in [5.41, 5.74) is 2.59. The van der Waals surface area contributed by atoms with E-state index in [1.165, 1.54) is 11.1 Å². The van der Waals surface area contributed by atoms with Gasteiger partial charge in [0.15, 0.2) is 0 Å². The first kappa shape index (κ1) is 8.86. The molecule has 0 fully saturated rings. The number of hydrogen-bond acceptors (Lipinski definition) is 0. The van der Waals surface area contributed by atoms with Crippen molar-refractivity contribution in [1.82, 2.24) is 0 Å². The van der Waals surface area contributed by atoms with Crippen molar-refractivity contribution in [1.29, 1.82) is 0 Å². The summed E-state index contributed by atoms with van der Waals surface area (Å²) in [6.45, 7) is 8.14. The molecule has 1 aliphatic rings. The Morgan fingerprint density at radius 2 is 2.36 bits per heavy atom. The first-order valence-electron chi connectivity index (χ1n) is 4.07. The molecule has 0 aromatic heterocycles. The minimum Gasteiger partial charge on any atom is -0.118 e. The minimum absolute atomic E-state index is 0.241. The van der Waals surface area contributed by atoms with E-state index in [0.29, 0.717) is 5.92 Å². The fraction of sp³-hybridized carbons (Fsp3) is 0.600. The second-order valence-electron chi connectivity index (χ2n) is 3.43. The molecule has 11 heavy (non-hydrogen) atoms. The van der Waals surface area contributed by atoms with Gasteiger partial charge in [0.1, 0.15) is 0 Å². The van der Waals surface area contributed by atoms with Gasteiger partial charge in [0.2, 0.25) is 0 Å². The van der Waals surface area contributed by atoms with Gasteiger partial charge in [-0.2, -0.15) is 0 Å². The van der Waals surface area contributed by atoms with E-state index in [1.807, 2.05) is 0 Å². The van der Waals surface area contributed by atoms with E-state index in [0.717, 1.165) is 12.8 Å². The molecule has 0 radical (unpaired) electrons. The Kier molecular flexibility index (Phi) is 2.78. The molecule has 1 rings (SSSR count). The molecular weight excluding hydrogens is 156 g/mol. The standard InChI is InChI=1S/C10H15Cl/c1-7(2)9-5-4-8(3)10(11)6-9/h4,9-10H,1,5-6H2,2-3H3. The zero-order chi connectivity index (χ0) is 8.43. The Morgan fingerprint density at radius 3 is 2.82 bits per heavy atom. The number of alkyl halides is 1. The van der Waals surface area contributed by atoms with Crippen molar-refractivity contribution in [2.45, 2.75) is 32.1 Å². The third-order valence-corrected chi connectivity index (χ3v) is 2.93.